The highest BCUT2D eigenvalue weighted by molar-refractivity contribution is 7.80. The van der Waals surface area contributed by atoms with Crippen molar-refractivity contribution in [1.29, 1.82) is 0 Å². The molecule has 4 aromatic rings. The molecule has 206 valence electrons. The lowest BCUT2D eigenvalue weighted by atomic mass is 10.0. The monoisotopic (exact) mass is 563 g/mol. The van der Waals surface area contributed by atoms with Gasteiger partial charge in [0.25, 0.3) is 0 Å². The Morgan fingerprint density at radius 3 is 2.60 bits per heavy atom. The topological polar surface area (TPSA) is 62.2 Å². The number of hydrogen-bond donors (Lipinski definition) is 2. The second-order valence-corrected chi connectivity index (χ2v) is 9.87. The van der Waals surface area contributed by atoms with Crippen molar-refractivity contribution < 1.29 is 18.0 Å². The fourth-order valence-corrected chi connectivity index (χ4v) is 5.39. The Hall–Kier alpha value is -4.18. The number of hydrogen-bond acceptors (Lipinski definition) is 3. The van der Waals surface area contributed by atoms with Crippen LogP contribution in [0.5, 0.6) is 0 Å². The predicted molar refractivity (Wildman–Crippen MR) is 152 cm³/mol. The third kappa shape index (κ3) is 5.72. The first-order valence-electron chi connectivity index (χ1n) is 13.0. The average molecular weight is 564 g/mol. The van der Waals surface area contributed by atoms with Gasteiger partial charge in [0.2, 0.25) is 5.91 Å². The quantitative estimate of drug-likeness (QED) is 0.241. The third-order valence-electron chi connectivity index (χ3n) is 6.98. The van der Waals surface area contributed by atoms with Gasteiger partial charge in [-0.25, -0.2) is 0 Å². The zero-order valence-electron chi connectivity index (χ0n) is 21.7. The number of aryl methyl sites for hydroxylation is 1. The van der Waals surface area contributed by atoms with Crippen LogP contribution in [0.15, 0.2) is 91.3 Å². The maximum Gasteiger partial charge on any atom is 0.416 e. The fraction of sp³-hybridized carbons (Fsp3) is 0.233. The molecule has 0 unspecified atom stereocenters. The molecule has 0 radical (unpaired) electrons. The van der Waals surface area contributed by atoms with Crippen molar-refractivity contribution in [3.05, 3.63) is 114 Å². The minimum absolute atomic E-state index is 0.156. The molecule has 2 aromatic carbocycles. The van der Waals surface area contributed by atoms with E-state index >= 15 is 0 Å². The van der Waals surface area contributed by atoms with Crippen molar-refractivity contribution in [1.82, 2.24) is 19.8 Å². The van der Waals surface area contributed by atoms with E-state index in [2.05, 4.69) is 15.6 Å². The van der Waals surface area contributed by atoms with Gasteiger partial charge in [-0.3, -0.25) is 9.78 Å². The molecule has 2 N–H and O–H groups in total. The van der Waals surface area contributed by atoms with Crippen molar-refractivity contribution in [2.24, 2.45) is 0 Å². The summed E-state index contributed by atoms with van der Waals surface area (Å²) in [5.41, 5.74) is 2.92. The molecule has 2 atom stereocenters. The molecular formula is C30H28F3N5OS. The Morgan fingerprint density at radius 1 is 1.05 bits per heavy atom. The van der Waals surface area contributed by atoms with E-state index in [1.54, 1.807) is 29.1 Å². The molecule has 1 aliphatic rings. The maximum absolute atomic E-state index is 13.5. The third-order valence-corrected chi connectivity index (χ3v) is 7.34. The van der Waals surface area contributed by atoms with Crippen molar-refractivity contribution in [2.45, 2.75) is 38.0 Å². The second kappa shape index (κ2) is 11.5. The van der Waals surface area contributed by atoms with Crippen LogP contribution in [0.4, 0.5) is 18.9 Å². The van der Waals surface area contributed by atoms with Crippen LogP contribution < -0.4 is 10.6 Å². The lowest BCUT2D eigenvalue weighted by Gasteiger charge is -2.29. The summed E-state index contributed by atoms with van der Waals surface area (Å²) in [5.74, 6) is -0.156. The largest absolute Gasteiger partial charge is 0.416 e. The number of thiocarbonyl (C=S) groups is 1. The number of pyridine rings is 1. The lowest BCUT2D eigenvalue weighted by Crippen LogP contribution is -2.33. The van der Waals surface area contributed by atoms with Gasteiger partial charge in [-0.05, 0) is 72.7 Å². The number of anilines is 1. The van der Waals surface area contributed by atoms with Crippen molar-refractivity contribution in [3.8, 4) is 5.69 Å². The van der Waals surface area contributed by atoms with Gasteiger partial charge in [0, 0.05) is 42.4 Å². The van der Waals surface area contributed by atoms with Gasteiger partial charge in [-0.2, -0.15) is 13.2 Å². The van der Waals surface area contributed by atoms with E-state index in [9.17, 15) is 18.0 Å². The van der Waals surface area contributed by atoms with Gasteiger partial charge < -0.3 is 20.1 Å². The van der Waals surface area contributed by atoms with Gasteiger partial charge in [-0.1, -0.05) is 37.3 Å². The normalized spacial score (nSPS) is 17.1. The van der Waals surface area contributed by atoms with Crippen LogP contribution in [-0.4, -0.2) is 32.0 Å². The summed E-state index contributed by atoms with van der Waals surface area (Å²) in [6, 6.07) is 21.3. The Balaban J connectivity index is 1.46. The molecule has 3 heterocycles. The average Bonchev–Trinajstić information content (AvgIpc) is 3.56. The van der Waals surface area contributed by atoms with Crippen molar-refractivity contribution >= 4 is 28.9 Å². The molecule has 10 heteroatoms. The zero-order chi connectivity index (χ0) is 28.3. The number of nitrogens with zero attached hydrogens (tertiary/aromatic N) is 3. The first-order chi connectivity index (χ1) is 19.3. The molecule has 0 bridgehead atoms. The summed E-state index contributed by atoms with van der Waals surface area (Å²) >= 11 is 5.72. The molecule has 1 aliphatic heterocycles. The standard InChI is InChI=1S/C30H28F3N5OS/c1-2-20-9-3-4-12-23(20)35-26(39)15-18-38-28(27(36-29(38)40)24-13-5-6-16-34-24)25-14-8-17-37(25)22-11-7-10-21(19-22)30(31,32)33/h3-14,16-17,19,27-28H,2,15,18H2,1H3,(H,35,39)(H,36,40)/t27-,28+/m0/s1. The number of rotatable bonds is 8. The van der Waals surface area contributed by atoms with E-state index in [-0.39, 0.29) is 18.4 Å². The highest BCUT2D eigenvalue weighted by Crippen LogP contribution is 2.40. The van der Waals surface area contributed by atoms with Crippen LogP contribution in [0.2, 0.25) is 0 Å². The van der Waals surface area contributed by atoms with E-state index in [1.165, 1.54) is 6.07 Å². The molecular weight excluding hydrogens is 535 g/mol. The maximum atomic E-state index is 13.5. The van der Waals surface area contributed by atoms with E-state index in [1.807, 2.05) is 60.4 Å². The van der Waals surface area contributed by atoms with Crippen LogP contribution in [0.25, 0.3) is 5.69 Å². The zero-order valence-corrected chi connectivity index (χ0v) is 22.5. The van der Waals surface area contributed by atoms with Gasteiger partial charge in [0.05, 0.1) is 23.3 Å². The minimum atomic E-state index is -4.47. The number of benzene rings is 2. The summed E-state index contributed by atoms with van der Waals surface area (Å²) in [6.07, 6.45) is -0.100. The summed E-state index contributed by atoms with van der Waals surface area (Å²) in [7, 11) is 0. The van der Waals surface area contributed by atoms with Gasteiger partial charge in [0.1, 0.15) is 0 Å². The van der Waals surface area contributed by atoms with E-state index in [0.717, 1.165) is 41.2 Å². The number of carbonyl (C=O) groups is 1. The van der Waals surface area contributed by atoms with Crippen molar-refractivity contribution in [3.63, 3.8) is 0 Å². The summed E-state index contributed by atoms with van der Waals surface area (Å²) in [4.78, 5) is 19.4. The first kappa shape index (κ1) is 27.4. The molecule has 1 saturated heterocycles. The summed E-state index contributed by atoms with van der Waals surface area (Å²) < 4.78 is 42.2. The second-order valence-electron chi connectivity index (χ2n) is 9.48. The number of carbonyl (C=O) groups excluding carboxylic acids is 1. The smallest absolute Gasteiger partial charge is 0.352 e. The minimum Gasteiger partial charge on any atom is -0.352 e. The van der Waals surface area contributed by atoms with Crippen LogP contribution in [-0.2, 0) is 17.4 Å². The Labute approximate surface area is 235 Å². The number of amides is 1. The number of halogens is 3. The molecule has 2 aromatic heterocycles. The predicted octanol–water partition coefficient (Wildman–Crippen LogP) is 6.45. The van der Waals surface area contributed by atoms with Crippen LogP contribution in [0.1, 0.15) is 47.9 Å². The molecule has 0 spiro atoms. The number of aromatic nitrogens is 2. The van der Waals surface area contributed by atoms with Crippen LogP contribution >= 0.6 is 12.2 Å². The van der Waals surface area contributed by atoms with E-state index < -0.39 is 17.8 Å². The van der Waals surface area contributed by atoms with Gasteiger partial charge in [0.15, 0.2) is 5.11 Å². The van der Waals surface area contributed by atoms with Gasteiger partial charge in [-0.15, -0.1) is 0 Å². The fourth-order valence-electron chi connectivity index (χ4n) is 5.06. The molecule has 1 fully saturated rings. The first-order valence-corrected chi connectivity index (χ1v) is 13.4. The number of para-hydroxylation sites is 1. The van der Waals surface area contributed by atoms with Crippen molar-refractivity contribution in [2.75, 3.05) is 11.9 Å². The number of nitrogens with one attached hydrogen (secondary N) is 2. The van der Waals surface area contributed by atoms with E-state index in [0.29, 0.717) is 17.3 Å². The molecule has 0 aliphatic carbocycles. The molecule has 6 nitrogen and oxygen atoms in total. The summed E-state index contributed by atoms with van der Waals surface area (Å²) in [6.45, 7) is 2.33. The highest BCUT2D eigenvalue weighted by atomic mass is 32.1. The Morgan fingerprint density at radius 2 is 1.85 bits per heavy atom. The summed E-state index contributed by atoms with van der Waals surface area (Å²) in [5, 5.41) is 6.78. The molecule has 5 rings (SSSR count). The molecule has 1 amide bonds. The number of alkyl halides is 3. The van der Waals surface area contributed by atoms with Gasteiger partial charge >= 0.3 is 6.18 Å². The molecule has 0 saturated carbocycles. The van der Waals surface area contributed by atoms with Crippen LogP contribution in [0, 0.1) is 0 Å². The lowest BCUT2D eigenvalue weighted by molar-refractivity contribution is -0.137. The Kier molecular flexibility index (Phi) is 7.88. The molecule has 40 heavy (non-hydrogen) atoms. The van der Waals surface area contributed by atoms with E-state index in [4.69, 9.17) is 12.2 Å². The Bertz CT molecular complexity index is 1500. The SMILES string of the molecule is CCc1ccccc1NC(=O)CCN1C(=S)N[C@@H](c2ccccn2)[C@H]1c1cccn1-c1cccc(C(F)(F)F)c1. The van der Waals surface area contributed by atoms with Crippen LogP contribution in [0.3, 0.4) is 0 Å². The highest BCUT2D eigenvalue weighted by Gasteiger charge is 2.41.